The fourth-order valence-electron chi connectivity index (χ4n) is 1.22. The van der Waals surface area contributed by atoms with Gasteiger partial charge in [-0.25, -0.2) is 0 Å². The van der Waals surface area contributed by atoms with Crippen molar-refractivity contribution >= 4 is 11.6 Å². The lowest BCUT2D eigenvalue weighted by atomic mass is 10.2. The summed E-state index contributed by atoms with van der Waals surface area (Å²) in [5.74, 6) is -0.388. The van der Waals surface area contributed by atoms with Crippen molar-refractivity contribution in [1.29, 1.82) is 0 Å². The zero-order valence-corrected chi connectivity index (χ0v) is 8.97. The highest BCUT2D eigenvalue weighted by molar-refractivity contribution is 5.96. The van der Waals surface area contributed by atoms with Gasteiger partial charge in [0.1, 0.15) is 6.10 Å². The maximum absolute atomic E-state index is 11.6. The summed E-state index contributed by atoms with van der Waals surface area (Å²) in [7, 11) is 1.62. The van der Waals surface area contributed by atoms with Crippen molar-refractivity contribution in [2.75, 3.05) is 18.5 Å². The number of benzene rings is 1. The van der Waals surface area contributed by atoms with E-state index in [1.54, 1.807) is 7.05 Å². The van der Waals surface area contributed by atoms with E-state index in [1.807, 2.05) is 31.2 Å². The highest BCUT2D eigenvalue weighted by Gasteiger charge is 2.18. The van der Waals surface area contributed by atoms with Crippen molar-refractivity contribution < 1.29 is 9.90 Å². The van der Waals surface area contributed by atoms with E-state index in [0.29, 0.717) is 0 Å². The van der Waals surface area contributed by atoms with E-state index in [-0.39, 0.29) is 12.5 Å². The lowest BCUT2D eigenvalue weighted by molar-refractivity contribution is -0.125. The number of nitrogens with zero attached hydrogens (tertiary/aromatic N) is 1. The topological polar surface area (TPSA) is 66.6 Å². The number of likely N-dealkylation sites (N-methyl/N-ethyl adjacent to an activating group) is 1. The molecule has 0 radical (unpaired) electrons. The first-order valence-electron chi connectivity index (χ1n) is 4.78. The second-order valence-electron chi connectivity index (χ2n) is 3.48. The van der Waals surface area contributed by atoms with E-state index >= 15 is 0 Å². The molecule has 0 aliphatic carbocycles. The van der Waals surface area contributed by atoms with Gasteiger partial charge >= 0.3 is 0 Å². The molecule has 82 valence electrons. The van der Waals surface area contributed by atoms with Crippen LogP contribution in [0.5, 0.6) is 0 Å². The summed E-state index contributed by atoms with van der Waals surface area (Å²) in [5.41, 5.74) is 7.09. The Bertz CT molecular complexity index is 335. The molecule has 0 aliphatic heterocycles. The Morgan fingerprint density at radius 1 is 1.47 bits per heavy atom. The number of aliphatic hydroxyl groups excluding tert-OH is 1. The highest BCUT2D eigenvalue weighted by Crippen LogP contribution is 2.14. The van der Waals surface area contributed by atoms with Gasteiger partial charge in [-0.2, -0.15) is 0 Å². The van der Waals surface area contributed by atoms with Crippen molar-refractivity contribution in [3.8, 4) is 0 Å². The van der Waals surface area contributed by atoms with Gasteiger partial charge in [0, 0.05) is 19.3 Å². The molecule has 0 aromatic heterocycles. The van der Waals surface area contributed by atoms with E-state index in [2.05, 4.69) is 0 Å². The van der Waals surface area contributed by atoms with Crippen LogP contribution in [0, 0.1) is 6.92 Å². The summed E-state index contributed by atoms with van der Waals surface area (Å²) < 4.78 is 0. The molecule has 1 aromatic carbocycles. The number of hydrogen-bond donors (Lipinski definition) is 2. The number of anilines is 1. The molecule has 1 amide bonds. The number of rotatable bonds is 3. The molecule has 4 nitrogen and oxygen atoms in total. The summed E-state index contributed by atoms with van der Waals surface area (Å²) in [6.45, 7) is 1.91. The van der Waals surface area contributed by atoms with Crippen LogP contribution in [-0.4, -0.2) is 30.7 Å². The smallest absolute Gasteiger partial charge is 0.256 e. The molecule has 3 N–H and O–H groups in total. The summed E-state index contributed by atoms with van der Waals surface area (Å²) in [6, 6.07) is 7.48. The van der Waals surface area contributed by atoms with Crippen LogP contribution in [0.1, 0.15) is 5.56 Å². The van der Waals surface area contributed by atoms with Crippen molar-refractivity contribution in [2.24, 2.45) is 5.73 Å². The number of carbonyl (C=O) groups excluding carboxylic acids is 1. The number of hydrogen-bond acceptors (Lipinski definition) is 3. The molecule has 1 atom stereocenters. The molecule has 0 saturated heterocycles. The van der Waals surface area contributed by atoms with Gasteiger partial charge in [-0.15, -0.1) is 0 Å². The predicted molar refractivity (Wildman–Crippen MR) is 59.7 cm³/mol. The molecule has 15 heavy (non-hydrogen) atoms. The fourth-order valence-corrected chi connectivity index (χ4v) is 1.22. The Kier molecular flexibility index (Phi) is 3.82. The third kappa shape index (κ3) is 2.78. The monoisotopic (exact) mass is 208 g/mol. The van der Waals surface area contributed by atoms with Crippen LogP contribution in [0.2, 0.25) is 0 Å². The van der Waals surface area contributed by atoms with Gasteiger partial charge < -0.3 is 15.7 Å². The van der Waals surface area contributed by atoms with Crippen LogP contribution in [0.4, 0.5) is 5.69 Å². The molecule has 0 saturated carbocycles. The lowest BCUT2D eigenvalue weighted by Crippen LogP contribution is -2.40. The average molecular weight is 208 g/mol. The molecule has 0 aliphatic rings. The Labute approximate surface area is 89.3 Å². The minimum Gasteiger partial charge on any atom is -0.382 e. The van der Waals surface area contributed by atoms with Crippen LogP contribution in [-0.2, 0) is 4.79 Å². The number of nitrogens with two attached hydrogens (primary N) is 1. The molecule has 1 rings (SSSR count). The Hall–Kier alpha value is -1.39. The summed E-state index contributed by atoms with van der Waals surface area (Å²) in [6.07, 6.45) is -1.13. The fraction of sp³-hybridized carbons (Fsp3) is 0.364. The van der Waals surface area contributed by atoms with Crippen molar-refractivity contribution in [1.82, 2.24) is 0 Å². The van der Waals surface area contributed by atoms with Gasteiger partial charge in [0.05, 0.1) is 0 Å². The first kappa shape index (κ1) is 11.7. The van der Waals surface area contributed by atoms with Gasteiger partial charge in [-0.3, -0.25) is 4.79 Å². The van der Waals surface area contributed by atoms with Crippen molar-refractivity contribution in [2.45, 2.75) is 13.0 Å². The number of aryl methyl sites for hydroxylation is 1. The van der Waals surface area contributed by atoms with E-state index in [1.165, 1.54) is 4.90 Å². The van der Waals surface area contributed by atoms with Crippen molar-refractivity contribution in [3.05, 3.63) is 29.8 Å². The first-order valence-corrected chi connectivity index (χ1v) is 4.78. The second kappa shape index (κ2) is 4.91. The lowest BCUT2D eigenvalue weighted by Gasteiger charge is -2.20. The summed E-state index contributed by atoms with van der Waals surface area (Å²) >= 11 is 0. The molecular weight excluding hydrogens is 192 g/mol. The van der Waals surface area contributed by atoms with E-state index in [0.717, 1.165) is 11.3 Å². The zero-order chi connectivity index (χ0) is 11.4. The molecular formula is C11H16N2O2. The van der Waals surface area contributed by atoms with Crippen LogP contribution in [0.25, 0.3) is 0 Å². The summed E-state index contributed by atoms with van der Waals surface area (Å²) in [5, 5.41) is 9.30. The predicted octanol–water partition coefficient (Wildman–Crippen LogP) is 0.277. The van der Waals surface area contributed by atoms with Crippen LogP contribution < -0.4 is 10.6 Å². The van der Waals surface area contributed by atoms with Gasteiger partial charge in [0.15, 0.2) is 0 Å². The zero-order valence-electron chi connectivity index (χ0n) is 8.97. The van der Waals surface area contributed by atoms with Crippen LogP contribution in [0.15, 0.2) is 24.3 Å². The van der Waals surface area contributed by atoms with Crippen molar-refractivity contribution in [3.63, 3.8) is 0 Å². The van der Waals surface area contributed by atoms with E-state index in [4.69, 9.17) is 5.73 Å². The van der Waals surface area contributed by atoms with Gasteiger partial charge in [-0.05, 0) is 19.1 Å². The molecule has 0 bridgehead atoms. The molecule has 1 unspecified atom stereocenters. The summed E-state index contributed by atoms with van der Waals surface area (Å²) in [4.78, 5) is 13.0. The highest BCUT2D eigenvalue weighted by atomic mass is 16.3. The molecule has 1 aromatic rings. The van der Waals surface area contributed by atoms with Crippen LogP contribution >= 0.6 is 0 Å². The molecule has 0 heterocycles. The van der Waals surface area contributed by atoms with E-state index in [9.17, 15) is 9.90 Å². The number of amides is 1. The van der Waals surface area contributed by atoms with E-state index < -0.39 is 6.10 Å². The average Bonchev–Trinajstić information content (AvgIpc) is 2.27. The molecule has 0 spiro atoms. The normalized spacial score (nSPS) is 12.3. The Balaban J connectivity index is 2.80. The Morgan fingerprint density at radius 2 is 2.00 bits per heavy atom. The molecule has 4 heteroatoms. The van der Waals surface area contributed by atoms with Gasteiger partial charge in [0.25, 0.3) is 5.91 Å². The third-order valence-corrected chi connectivity index (χ3v) is 2.26. The second-order valence-corrected chi connectivity index (χ2v) is 3.48. The standard InChI is InChI=1S/C11H16N2O2/c1-8-3-5-9(6-4-8)13(2)11(15)10(14)7-12/h3-6,10,14H,7,12H2,1-2H3. The Morgan fingerprint density at radius 3 is 2.47 bits per heavy atom. The maximum Gasteiger partial charge on any atom is 0.256 e. The maximum atomic E-state index is 11.6. The SMILES string of the molecule is Cc1ccc(N(C)C(=O)C(O)CN)cc1. The third-order valence-electron chi connectivity index (χ3n) is 2.26. The largest absolute Gasteiger partial charge is 0.382 e. The van der Waals surface area contributed by atoms with Crippen LogP contribution in [0.3, 0.4) is 0 Å². The van der Waals surface area contributed by atoms with Gasteiger partial charge in [-0.1, -0.05) is 17.7 Å². The minimum absolute atomic E-state index is 0.0605. The minimum atomic E-state index is -1.13. The molecule has 0 fully saturated rings. The van der Waals surface area contributed by atoms with Gasteiger partial charge in [0.2, 0.25) is 0 Å². The quantitative estimate of drug-likeness (QED) is 0.749. The first-order chi connectivity index (χ1) is 7.06. The number of carbonyl (C=O) groups is 1. The number of aliphatic hydroxyl groups is 1.